The summed E-state index contributed by atoms with van der Waals surface area (Å²) in [6.45, 7) is 4.28. The lowest BCUT2D eigenvalue weighted by molar-refractivity contribution is 0.829. The van der Waals surface area contributed by atoms with Gasteiger partial charge in [0, 0.05) is 7.05 Å². The zero-order chi connectivity index (χ0) is 8.43. The molecule has 2 nitrogen and oxygen atoms in total. The predicted molar refractivity (Wildman–Crippen MR) is 53.4 cm³/mol. The molecule has 4 heteroatoms. The van der Waals surface area contributed by atoms with E-state index in [1.165, 1.54) is 0 Å². The third kappa shape index (κ3) is 1.93. The summed E-state index contributed by atoms with van der Waals surface area (Å²) in [5.74, 6) is 0.489. The van der Waals surface area contributed by atoms with Crippen LogP contribution in [0.15, 0.2) is 3.79 Å². The highest BCUT2D eigenvalue weighted by Gasteiger charge is 2.10. The summed E-state index contributed by atoms with van der Waals surface area (Å²) in [6, 6.07) is 0. The van der Waals surface area contributed by atoms with Gasteiger partial charge in [-0.3, -0.25) is 0 Å². The van der Waals surface area contributed by atoms with Crippen LogP contribution in [0.5, 0.6) is 0 Å². The molecule has 0 saturated heterocycles. The zero-order valence-corrected chi connectivity index (χ0v) is 9.21. The fraction of sp³-hybridized carbons (Fsp3) is 0.571. The van der Waals surface area contributed by atoms with E-state index in [4.69, 9.17) is 0 Å². The monoisotopic (exact) mass is 234 g/mol. The number of halogens is 1. The van der Waals surface area contributed by atoms with Crippen LogP contribution in [0.2, 0.25) is 0 Å². The average molecular weight is 235 g/mol. The Morgan fingerprint density at radius 2 is 2.18 bits per heavy atom. The standard InChI is InChI=1S/C7H11BrN2S/c1-4(2)5-6(8)11-7(9-3)10-5/h4H,1-3H3,(H,9,10). The van der Waals surface area contributed by atoms with Gasteiger partial charge < -0.3 is 5.32 Å². The summed E-state index contributed by atoms with van der Waals surface area (Å²) in [5, 5.41) is 3.99. The molecule has 0 aliphatic rings. The van der Waals surface area contributed by atoms with Gasteiger partial charge >= 0.3 is 0 Å². The minimum atomic E-state index is 0.489. The molecule has 1 aromatic rings. The molecule has 0 fully saturated rings. The minimum absolute atomic E-state index is 0.489. The van der Waals surface area contributed by atoms with Gasteiger partial charge in [-0.2, -0.15) is 0 Å². The largest absolute Gasteiger partial charge is 0.365 e. The summed E-state index contributed by atoms with van der Waals surface area (Å²) >= 11 is 5.11. The van der Waals surface area contributed by atoms with E-state index in [0.29, 0.717) is 5.92 Å². The van der Waals surface area contributed by atoms with E-state index in [1.807, 2.05) is 7.05 Å². The summed E-state index contributed by atoms with van der Waals surface area (Å²) in [5.41, 5.74) is 1.14. The molecule has 0 spiro atoms. The average Bonchev–Trinajstić information content (AvgIpc) is 2.30. The van der Waals surface area contributed by atoms with E-state index >= 15 is 0 Å². The van der Waals surface area contributed by atoms with Crippen LogP contribution in [-0.2, 0) is 0 Å². The van der Waals surface area contributed by atoms with Gasteiger partial charge in [0.05, 0.1) is 9.48 Å². The lowest BCUT2D eigenvalue weighted by Crippen LogP contribution is -1.90. The number of nitrogens with one attached hydrogen (secondary N) is 1. The van der Waals surface area contributed by atoms with Crippen LogP contribution in [0.3, 0.4) is 0 Å². The quantitative estimate of drug-likeness (QED) is 0.852. The van der Waals surface area contributed by atoms with Gasteiger partial charge in [0.1, 0.15) is 0 Å². The summed E-state index contributed by atoms with van der Waals surface area (Å²) in [7, 11) is 1.88. The fourth-order valence-corrected chi connectivity index (χ4v) is 2.58. The second-order valence-corrected chi connectivity index (χ2v) is 4.90. The van der Waals surface area contributed by atoms with Crippen LogP contribution >= 0.6 is 27.3 Å². The van der Waals surface area contributed by atoms with Crippen molar-refractivity contribution in [2.24, 2.45) is 0 Å². The van der Waals surface area contributed by atoms with E-state index in [1.54, 1.807) is 11.3 Å². The molecule has 0 aliphatic carbocycles. The molecule has 0 aromatic carbocycles. The number of thiazole rings is 1. The van der Waals surface area contributed by atoms with Gasteiger partial charge in [-0.1, -0.05) is 25.2 Å². The second kappa shape index (κ2) is 3.54. The number of hydrogen-bond acceptors (Lipinski definition) is 3. The van der Waals surface area contributed by atoms with Gasteiger partial charge in [0.15, 0.2) is 5.13 Å². The molecular formula is C7H11BrN2S. The molecule has 0 radical (unpaired) electrons. The fourth-order valence-electron chi connectivity index (χ4n) is 0.776. The minimum Gasteiger partial charge on any atom is -0.365 e. The lowest BCUT2D eigenvalue weighted by Gasteiger charge is -1.98. The van der Waals surface area contributed by atoms with Crippen LogP contribution < -0.4 is 5.32 Å². The van der Waals surface area contributed by atoms with Crippen molar-refractivity contribution in [3.8, 4) is 0 Å². The summed E-state index contributed by atoms with van der Waals surface area (Å²) in [4.78, 5) is 4.39. The van der Waals surface area contributed by atoms with Crippen molar-refractivity contribution in [2.45, 2.75) is 19.8 Å². The van der Waals surface area contributed by atoms with E-state index in [2.05, 4.69) is 40.1 Å². The Bertz CT molecular complexity index is 245. The Kier molecular flexibility index (Phi) is 2.90. The lowest BCUT2D eigenvalue weighted by atomic mass is 10.2. The normalized spacial score (nSPS) is 10.6. The summed E-state index contributed by atoms with van der Waals surface area (Å²) < 4.78 is 1.14. The first-order valence-electron chi connectivity index (χ1n) is 3.49. The Morgan fingerprint density at radius 3 is 2.45 bits per heavy atom. The van der Waals surface area contributed by atoms with Gasteiger partial charge in [0.25, 0.3) is 0 Å². The molecule has 0 amide bonds. The number of nitrogens with zero attached hydrogens (tertiary/aromatic N) is 1. The Labute approximate surface area is 79.2 Å². The van der Waals surface area contributed by atoms with E-state index < -0.39 is 0 Å². The molecule has 11 heavy (non-hydrogen) atoms. The zero-order valence-electron chi connectivity index (χ0n) is 6.81. The molecule has 0 saturated carbocycles. The highest BCUT2D eigenvalue weighted by Crippen LogP contribution is 2.32. The third-order valence-corrected chi connectivity index (χ3v) is 3.14. The number of anilines is 1. The van der Waals surface area contributed by atoms with Crippen molar-refractivity contribution in [3.05, 3.63) is 9.48 Å². The molecule has 1 N–H and O–H groups in total. The maximum atomic E-state index is 4.39. The Morgan fingerprint density at radius 1 is 1.55 bits per heavy atom. The molecule has 1 aromatic heterocycles. The first-order chi connectivity index (χ1) is 5.15. The van der Waals surface area contributed by atoms with Gasteiger partial charge in [-0.05, 0) is 21.8 Å². The van der Waals surface area contributed by atoms with Gasteiger partial charge in [-0.15, -0.1) is 0 Å². The first-order valence-corrected chi connectivity index (χ1v) is 5.10. The number of rotatable bonds is 2. The smallest absolute Gasteiger partial charge is 0.183 e. The van der Waals surface area contributed by atoms with Gasteiger partial charge in [0.2, 0.25) is 0 Å². The topological polar surface area (TPSA) is 24.9 Å². The molecule has 0 atom stereocenters. The number of hydrogen-bond donors (Lipinski definition) is 1. The molecule has 0 unspecified atom stereocenters. The third-order valence-electron chi connectivity index (χ3n) is 1.37. The Balaban J connectivity index is 2.97. The van der Waals surface area contributed by atoms with Crippen LogP contribution in [0.25, 0.3) is 0 Å². The molecular weight excluding hydrogens is 224 g/mol. The second-order valence-electron chi connectivity index (χ2n) is 2.58. The molecule has 62 valence electrons. The van der Waals surface area contributed by atoms with Crippen LogP contribution in [-0.4, -0.2) is 12.0 Å². The highest BCUT2D eigenvalue weighted by molar-refractivity contribution is 9.11. The predicted octanol–water partition coefficient (Wildman–Crippen LogP) is 3.07. The van der Waals surface area contributed by atoms with E-state index in [9.17, 15) is 0 Å². The van der Waals surface area contributed by atoms with Crippen molar-refractivity contribution in [1.82, 2.24) is 4.98 Å². The van der Waals surface area contributed by atoms with Gasteiger partial charge in [-0.25, -0.2) is 4.98 Å². The highest BCUT2D eigenvalue weighted by atomic mass is 79.9. The molecule has 0 bridgehead atoms. The Hall–Kier alpha value is -0.0900. The molecule has 1 heterocycles. The first kappa shape index (κ1) is 9.00. The van der Waals surface area contributed by atoms with Crippen molar-refractivity contribution < 1.29 is 0 Å². The SMILES string of the molecule is CNc1nc(C(C)C)c(Br)s1. The van der Waals surface area contributed by atoms with Crippen molar-refractivity contribution in [3.63, 3.8) is 0 Å². The van der Waals surface area contributed by atoms with Crippen molar-refractivity contribution >= 4 is 32.4 Å². The number of aromatic nitrogens is 1. The van der Waals surface area contributed by atoms with E-state index in [-0.39, 0.29) is 0 Å². The van der Waals surface area contributed by atoms with Crippen LogP contribution in [0, 0.1) is 0 Å². The van der Waals surface area contributed by atoms with Crippen LogP contribution in [0.4, 0.5) is 5.13 Å². The maximum Gasteiger partial charge on any atom is 0.183 e. The summed E-state index contributed by atoms with van der Waals surface area (Å²) in [6.07, 6.45) is 0. The van der Waals surface area contributed by atoms with Crippen molar-refractivity contribution in [2.75, 3.05) is 12.4 Å². The molecule has 0 aliphatic heterocycles. The van der Waals surface area contributed by atoms with Crippen molar-refractivity contribution in [1.29, 1.82) is 0 Å². The van der Waals surface area contributed by atoms with E-state index in [0.717, 1.165) is 14.6 Å². The van der Waals surface area contributed by atoms with Crippen LogP contribution in [0.1, 0.15) is 25.5 Å². The maximum absolute atomic E-state index is 4.39. The molecule has 1 rings (SSSR count).